The molecule has 3 aromatic carbocycles. The number of anilines is 1. The Labute approximate surface area is 170 Å². The van der Waals surface area contributed by atoms with Gasteiger partial charge in [0, 0.05) is 30.6 Å². The van der Waals surface area contributed by atoms with Crippen molar-refractivity contribution in [3.05, 3.63) is 102 Å². The zero-order chi connectivity index (χ0) is 20.1. The molecule has 0 bridgehead atoms. The van der Waals surface area contributed by atoms with Crippen LogP contribution in [-0.4, -0.2) is 20.7 Å². The van der Waals surface area contributed by atoms with Crippen LogP contribution in [-0.2, 0) is 11.8 Å². The van der Waals surface area contributed by atoms with Crippen LogP contribution < -0.4 is 5.32 Å². The summed E-state index contributed by atoms with van der Waals surface area (Å²) in [5, 5.41) is 11.1. The van der Waals surface area contributed by atoms with Crippen LogP contribution in [0, 0.1) is 0 Å². The molecule has 0 spiro atoms. The number of hydrogen-bond acceptors (Lipinski definition) is 3. The maximum absolute atomic E-state index is 12.9. The van der Waals surface area contributed by atoms with E-state index in [1.54, 1.807) is 6.33 Å². The van der Waals surface area contributed by atoms with Crippen LogP contribution in [0.3, 0.4) is 0 Å². The largest absolute Gasteiger partial charge is 0.326 e. The zero-order valence-electron chi connectivity index (χ0n) is 16.2. The van der Waals surface area contributed by atoms with E-state index in [9.17, 15) is 4.79 Å². The molecule has 0 aliphatic heterocycles. The zero-order valence-corrected chi connectivity index (χ0v) is 16.2. The van der Waals surface area contributed by atoms with Crippen LogP contribution in [0.2, 0.25) is 0 Å². The first-order chi connectivity index (χ1) is 14.2. The molecule has 1 heterocycles. The number of carbonyl (C=O) groups excluding carboxylic acids is 1. The average molecular weight is 382 g/mol. The number of benzene rings is 3. The quantitative estimate of drug-likeness (QED) is 0.528. The van der Waals surface area contributed by atoms with Gasteiger partial charge in [0.15, 0.2) is 5.82 Å². The fourth-order valence-electron chi connectivity index (χ4n) is 3.48. The van der Waals surface area contributed by atoms with Crippen molar-refractivity contribution < 1.29 is 4.79 Å². The molecule has 144 valence electrons. The van der Waals surface area contributed by atoms with E-state index in [0.717, 1.165) is 28.2 Å². The highest BCUT2D eigenvalue weighted by molar-refractivity contribution is 5.92. The van der Waals surface area contributed by atoms with Crippen molar-refractivity contribution in [3.8, 4) is 11.4 Å². The molecule has 1 amide bonds. The van der Waals surface area contributed by atoms with Crippen LogP contribution >= 0.6 is 0 Å². The third-order valence-electron chi connectivity index (χ3n) is 4.91. The number of nitrogens with zero attached hydrogens (tertiary/aromatic N) is 3. The number of hydrogen-bond donors (Lipinski definition) is 1. The maximum Gasteiger partial charge on any atom is 0.225 e. The third-order valence-corrected chi connectivity index (χ3v) is 4.91. The Kier molecular flexibility index (Phi) is 5.47. The molecule has 0 atom stereocenters. The molecule has 0 fully saturated rings. The van der Waals surface area contributed by atoms with Crippen molar-refractivity contribution >= 4 is 11.6 Å². The molecular weight excluding hydrogens is 360 g/mol. The summed E-state index contributed by atoms with van der Waals surface area (Å²) in [4.78, 5) is 12.9. The molecule has 5 nitrogen and oxygen atoms in total. The standard InChI is InChI=1S/C24H22N4O/c1-28-17-25-27-24(28)20-13-8-14-21(15-20)26-23(29)16-22(18-9-4-2-5-10-18)19-11-6-3-7-12-19/h2-15,17,22H,16H2,1H3,(H,26,29). The third kappa shape index (κ3) is 4.41. The molecule has 0 saturated carbocycles. The summed E-state index contributed by atoms with van der Waals surface area (Å²) in [6.45, 7) is 0. The summed E-state index contributed by atoms with van der Waals surface area (Å²) in [6, 6.07) is 28.0. The fourth-order valence-corrected chi connectivity index (χ4v) is 3.48. The lowest BCUT2D eigenvalue weighted by Gasteiger charge is -2.18. The van der Waals surface area contributed by atoms with E-state index in [2.05, 4.69) is 39.8 Å². The highest BCUT2D eigenvalue weighted by Gasteiger charge is 2.18. The number of aryl methyl sites for hydroxylation is 1. The summed E-state index contributed by atoms with van der Waals surface area (Å²) >= 11 is 0. The SMILES string of the molecule is Cn1cnnc1-c1cccc(NC(=O)CC(c2ccccc2)c2ccccc2)c1. The van der Waals surface area contributed by atoms with Gasteiger partial charge in [-0.25, -0.2) is 0 Å². The van der Waals surface area contributed by atoms with Crippen molar-refractivity contribution in [2.45, 2.75) is 12.3 Å². The van der Waals surface area contributed by atoms with Gasteiger partial charge in [-0.2, -0.15) is 0 Å². The van der Waals surface area contributed by atoms with E-state index in [0.29, 0.717) is 6.42 Å². The predicted octanol–water partition coefficient (Wildman–Crippen LogP) is 4.64. The Balaban J connectivity index is 1.54. The molecular formula is C24H22N4O. The first-order valence-corrected chi connectivity index (χ1v) is 9.55. The smallest absolute Gasteiger partial charge is 0.225 e. The Hall–Kier alpha value is -3.73. The fraction of sp³-hybridized carbons (Fsp3) is 0.125. The van der Waals surface area contributed by atoms with E-state index < -0.39 is 0 Å². The second kappa shape index (κ2) is 8.52. The second-order valence-electron chi connectivity index (χ2n) is 6.97. The number of rotatable bonds is 6. The van der Waals surface area contributed by atoms with Crippen LogP contribution in [0.15, 0.2) is 91.3 Å². The second-order valence-corrected chi connectivity index (χ2v) is 6.97. The topological polar surface area (TPSA) is 59.8 Å². The van der Waals surface area contributed by atoms with Gasteiger partial charge in [0.2, 0.25) is 5.91 Å². The van der Waals surface area contributed by atoms with Gasteiger partial charge in [0.05, 0.1) is 0 Å². The van der Waals surface area contributed by atoms with E-state index in [4.69, 9.17) is 0 Å². The first kappa shape index (κ1) is 18.6. The molecule has 4 rings (SSSR count). The van der Waals surface area contributed by atoms with Gasteiger partial charge in [-0.1, -0.05) is 72.8 Å². The molecule has 1 N–H and O–H groups in total. The summed E-state index contributed by atoms with van der Waals surface area (Å²) < 4.78 is 1.85. The average Bonchev–Trinajstić information content (AvgIpc) is 3.19. The van der Waals surface area contributed by atoms with Crippen LogP contribution in [0.4, 0.5) is 5.69 Å². The first-order valence-electron chi connectivity index (χ1n) is 9.55. The highest BCUT2D eigenvalue weighted by atomic mass is 16.1. The van der Waals surface area contributed by atoms with E-state index in [1.165, 1.54) is 0 Å². The molecule has 0 aliphatic rings. The predicted molar refractivity (Wildman–Crippen MR) is 114 cm³/mol. The molecule has 0 unspecified atom stereocenters. The Morgan fingerprint density at radius 3 is 2.17 bits per heavy atom. The summed E-state index contributed by atoms with van der Waals surface area (Å²) in [7, 11) is 1.89. The summed E-state index contributed by atoms with van der Waals surface area (Å²) in [6.07, 6.45) is 2.02. The van der Waals surface area contributed by atoms with Gasteiger partial charge < -0.3 is 9.88 Å². The normalized spacial score (nSPS) is 10.8. The Bertz CT molecular complexity index is 1050. The van der Waals surface area contributed by atoms with Crippen molar-refractivity contribution in [2.75, 3.05) is 5.32 Å². The van der Waals surface area contributed by atoms with Gasteiger partial charge in [-0.15, -0.1) is 10.2 Å². The minimum Gasteiger partial charge on any atom is -0.326 e. The molecule has 0 aliphatic carbocycles. The Morgan fingerprint density at radius 2 is 1.59 bits per heavy atom. The van der Waals surface area contributed by atoms with Crippen LogP contribution in [0.1, 0.15) is 23.5 Å². The van der Waals surface area contributed by atoms with Gasteiger partial charge in [0.1, 0.15) is 6.33 Å². The molecule has 5 heteroatoms. The minimum atomic E-state index is -0.0298. The van der Waals surface area contributed by atoms with Crippen LogP contribution in [0.5, 0.6) is 0 Å². The van der Waals surface area contributed by atoms with Crippen molar-refractivity contribution in [1.82, 2.24) is 14.8 Å². The molecule has 29 heavy (non-hydrogen) atoms. The molecule has 0 saturated heterocycles. The number of carbonyl (C=O) groups is 1. The maximum atomic E-state index is 12.9. The number of nitrogens with one attached hydrogen (secondary N) is 1. The van der Waals surface area contributed by atoms with E-state index in [1.807, 2.05) is 72.3 Å². The lowest BCUT2D eigenvalue weighted by Crippen LogP contribution is -2.16. The molecule has 0 radical (unpaired) electrons. The van der Waals surface area contributed by atoms with E-state index >= 15 is 0 Å². The summed E-state index contributed by atoms with van der Waals surface area (Å²) in [5.41, 5.74) is 3.91. The minimum absolute atomic E-state index is 0.000627. The number of amides is 1. The lowest BCUT2D eigenvalue weighted by molar-refractivity contribution is -0.116. The van der Waals surface area contributed by atoms with Gasteiger partial charge in [-0.05, 0) is 23.3 Å². The van der Waals surface area contributed by atoms with Crippen molar-refractivity contribution in [3.63, 3.8) is 0 Å². The number of aromatic nitrogens is 3. The molecule has 4 aromatic rings. The van der Waals surface area contributed by atoms with Crippen molar-refractivity contribution in [1.29, 1.82) is 0 Å². The monoisotopic (exact) mass is 382 g/mol. The van der Waals surface area contributed by atoms with E-state index in [-0.39, 0.29) is 11.8 Å². The van der Waals surface area contributed by atoms with Crippen LogP contribution in [0.25, 0.3) is 11.4 Å². The highest BCUT2D eigenvalue weighted by Crippen LogP contribution is 2.28. The summed E-state index contributed by atoms with van der Waals surface area (Å²) in [5.74, 6) is 0.727. The van der Waals surface area contributed by atoms with Gasteiger partial charge in [-0.3, -0.25) is 4.79 Å². The van der Waals surface area contributed by atoms with Gasteiger partial charge in [0.25, 0.3) is 0 Å². The lowest BCUT2D eigenvalue weighted by atomic mass is 9.88. The van der Waals surface area contributed by atoms with Gasteiger partial charge >= 0.3 is 0 Å². The van der Waals surface area contributed by atoms with Crippen molar-refractivity contribution in [2.24, 2.45) is 7.05 Å². The Morgan fingerprint density at radius 1 is 0.931 bits per heavy atom. The molecule has 1 aromatic heterocycles.